The second-order valence-corrected chi connectivity index (χ2v) is 6.61. The third kappa shape index (κ3) is 4.58. The molecule has 1 N–H and O–H groups in total. The fourth-order valence-electron chi connectivity index (χ4n) is 2.96. The molecule has 0 bridgehead atoms. The zero-order valence-corrected chi connectivity index (χ0v) is 13.4. The summed E-state index contributed by atoms with van der Waals surface area (Å²) in [5, 5.41) is 9.09. The van der Waals surface area contributed by atoms with E-state index in [0.29, 0.717) is 31.8 Å². The van der Waals surface area contributed by atoms with Crippen LogP contribution in [0.5, 0.6) is 0 Å². The van der Waals surface area contributed by atoms with Gasteiger partial charge in [0.1, 0.15) is 0 Å². The maximum absolute atomic E-state index is 12.3. The minimum absolute atomic E-state index is 0.0301. The van der Waals surface area contributed by atoms with Gasteiger partial charge in [0.25, 0.3) is 0 Å². The van der Waals surface area contributed by atoms with Crippen molar-refractivity contribution in [1.29, 1.82) is 0 Å². The van der Waals surface area contributed by atoms with Gasteiger partial charge in [-0.15, -0.1) is 0 Å². The Morgan fingerprint density at radius 2 is 1.86 bits per heavy atom. The quantitative estimate of drug-likeness (QED) is 0.910. The van der Waals surface area contributed by atoms with Crippen LogP contribution in [0, 0.1) is 11.8 Å². The molecule has 4 nitrogen and oxygen atoms in total. The second kappa shape index (κ2) is 7.43. The number of amides is 1. The zero-order chi connectivity index (χ0) is 16.1. The van der Waals surface area contributed by atoms with Gasteiger partial charge in [0, 0.05) is 13.1 Å². The minimum Gasteiger partial charge on any atom is -0.481 e. The molecular weight excluding hydrogens is 278 g/mol. The first-order valence-corrected chi connectivity index (χ1v) is 8.04. The van der Waals surface area contributed by atoms with E-state index in [1.54, 1.807) is 4.90 Å². The van der Waals surface area contributed by atoms with Crippen LogP contribution in [-0.2, 0) is 22.4 Å². The van der Waals surface area contributed by atoms with E-state index in [1.807, 2.05) is 12.1 Å². The molecule has 1 aliphatic heterocycles. The highest BCUT2D eigenvalue weighted by Crippen LogP contribution is 2.18. The van der Waals surface area contributed by atoms with Crippen LogP contribution >= 0.6 is 0 Å². The van der Waals surface area contributed by atoms with Crippen LogP contribution < -0.4 is 0 Å². The van der Waals surface area contributed by atoms with Gasteiger partial charge in [-0.2, -0.15) is 0 Å². The van der Waals surface area contributed by atoms with Crippen molar-refractivity contribution in [3.05, 3.63) is 35.4 Å². The predicted molar refractivity (Wildman–Crippen MR) is 85.6 cm³/mol. The first kappa shape index (κ1) is 16.5. The number of carbonyl (C=O) groups excluding carboxylic acids is 1. The monoisotopic (exact) mass is 303 g/mol. The third-order valence-electron chi connectivity index (χ3n) is 4.15. The van der Waals surface area contributed by atoms with Crippen molar-refractivity contribution < 1.29 is 14.7 Å². The number of nitrogens with zero attached hydrogens (tertiary/aromatic N) is 1. The van der Waals surface area contributed by atoms with Crippen LogP contribution in [0.25, 0.3) is 0 Å². The van der Waals surface area contributed by atoms with Gasteiger partial charge in [0.2, 0.25) is 5.91 Å². The molecule has 1 amide bonds. The Kier molecular flexibility index (Phi) is 5.58. The van der Waals surface area contributed by atoms with Gasteiger partial charge in [-0.3, -0.25) is 9.59 Å². The van der Waals surface area contributed by atoms with E-state index in [1.165, 1.54) is 5.56 Å². The van der Waals surface area contributed by atoms with E-state index in [-0.39, 0.29) is 5.91 Å². The summed E-state index contributed by atoms with van der Waals surface area (Å²) in [6.07, 6.45) is 2.84. The Morgan fingerprint density at radius 3 is 2.45 bits per heavy atom. The number of carbonyl (C=O) groups is 2. The Bertz CT molecular complexity index is 522. The summed E-state index contributed by atoms with van der Waals surface area (Å²) in [4.78, 5) is 25.1. The molecule has 1 fully saturated rings. The van der Waals surface area contributed by atoms with E-state index in [4.69, 9.17) is 5.11 Å². The van der Waals surface area contributed by atoms with Gasteiger partial charge in [-0.05, 0) is 36.3 Å². The second-order valence-electron chi connectivity index (χ2n) is 6.61. The van der Waals surface area contributed by atoms with Gasteiger partial charge in [-0.25, -0.2) is 0 Å². The molecular formula is C18H25NO3. The predicted octanol–water partition coefficient (Wildman–Crippen LogP) is 2.75. The van der Waals surface area contributed by atoms with E-state index in [0.717, 1.165) is 18.4 Å². The molecule has 4 heteroatoms. The summed E-state index contributed by atoms with van der Waals surface area (Å²) in [5.41, 5.74) is 2.28. The molecule has 0 radical (unpaired) electrons. The Morgan fingerprint density at radius 1 is 1.23 bits per heavy atom. The van der Waals surface area contributed by atoms with Crippen LogP contribution in [0.15, 0.2) is 24.3 Å². The van der Waals surface area contributed by atoms with Crippen molar-refractivity contribution in [1.82, 2.24) is 4.90 Å². The molecule has 1 atom stereocenters. The molecule has 22 heavy (non-hydrogen) atoms. The number of hydrogen-bond acceptors (Lipinski definition) is 2. The maximum atomic E-state index is 12.3. The van der Waals surface area contributed by atoms with E-state index in [9.17, 15) is 9.59 Å². The van der Waals surface area contributed by atoms with Gasteiger partial charge in [0.05, 0.1) is 12.3 Å². The SMILES string of the molecule is CC(C)Cc1ccc(CC(=O)N2CCCC(C(=O)O)C2)cc1. The largest absolute Gasteiger partial charge is 0.481 e. The summed E-state index contributed by atoms with van der Waals surface area (Å²) in [6.45, 7) is 5.40. The average molecular weight is 303 g/mol. The lowest BCUT2D eigenvalue weighted by Crippen LogP contribution is -2.42. The van der Waals surface area contributed by atoms with Gasteiger partial charge in [0.15, 0.2) is 0 Å². The number of hydrogen-bond donors (Lipinski definition) is 1. The maximum Gasteiger partial charge on any atom is 0.308 e. The molecule has 0 spiro atoms. The van der Waals surface area contributed by atoms with Crippen LogP contribution in [0.2, 0.25) is 0 Å². The van der Waals surface area contributed by atoms with E-state index < -0.39 is 11.9 Å². The van der Waals surface area contributed by atoms with Crippen LogP contribution in [0.3, 0.4) is 0 Å². The standard InChI is InChI=1S/C18H25NO3/c1-13(2)10-14-5-7-15(8-6-14)11-17(20)19-9-3-4-16(12-19)18(21)22/h5-8,13,16H,3-4,9-12H2,1-2H3,(H,21,22). The minimum atomic E-state index is -0.796. The molecule has 1 aromatic carbocycles. The number of benzene rings is 1. The molecule has 0 aromatic heterocycles. The van der Waals surface area contributed by atoms with Gasteiger partial charge in [-0.1, -0.05) is 38.1 Å². The normalized spacial score (nSPS) is 18.5. The fraction of sp³-hybridized carbons (Fsp3) is 0.556. The number of aliphatic carboxylic acids is 1. The van der Waals surface area contributed by atoms with Crippen LogP contribution in [0.1, 0.15) is 37.8 Å². The van der Waals surface area contributed by atoms with Gasteiger partial charge >= 0.3 is 5.97 Å². The number of likely N-dealkylation sites (tertiary alicyclic amines) is 1. The molecule has 120 valence electrons. The molecule has 1 aliphatic rings. The number of piperidine rings is 1. The van der Waals surface area contributed by atoms with Crippen molar-refractivity contribution in [3.8, 4) is 0 Å². The molecule has 1 aromatic rings. The van der Waals surface area contributed by atoms with Crippen molar-refractivity contribution in [2.75, 3.05) is 13.1 Å². The lowest BCUT2D eigenvalue weighted by molar-refractivity contribution is -0.145. The first-order chi connectivity index (χ1) is 10.5. The van der Waals surface area contributed by atoms with E-state index in [2.05, 4.69) is 26.0 Å². The number of carboxylic acid groups (broad SMARTS) is 1. The molecule has 1 heterocycles. The highest BCUT2D eigenvalue weighted by molar-refractivity contribution is 5.80. The fourth-order valence-corrected chi connectivity index (χ4v) is 2.96. The summed E-state index contributed by atoms with van der Waals surface area (Å²) in [7, 11) is 0. The number of rotatable bonds is 5. The van der Waals surface area contributed by atoms with Crippen molar-refractivity contribution in [2.45, 2.75) is 39.5 Å². The topological polar surface area (TPSA) is 57.6 Å². The molecule has 0 saturated carbocycles. The number of carboxylic acids is 1. The third-order valence-corrected chi connectivity index (χ3v) is 4.15. The molecule has 0 aliphatic carbocycles. The first-order valence-electron chi connectivity index (χ1n) is 8.04. The van der Waals surface area contributed by atoms with Crippen molar-refractivity contribution in [2.24, 2.45) is 11.8 Å². The van der Waals surface area contributed by atoms with Crippen LogP contribution in [0.4, 0.5) is 0 Å². The molecule has 1 unspecified atom stereocenters. The smallest absolute Gasteiger partial charge is 0.308 e. The molecule has 1 saturated heterocycles. The summed E-state index contributed by atoms with van der Waals surface area (Å²) in [6, 6.07) is 8.18. The van der Waals surface area contributed by atoms with Crippen molar-refractivity contribution >= 4 is 11.9 Å². The lowest BCUT2D eigenvalue weighted by atomic mass is 9.97. The van der Waals surface area contributed by atoms with E-state index >= 15 is 0 Å². The lowest BCUT2D eigenvalue weighted by Gasteiger charge is -2.30. The average Bonchev–Trinajstić information content (AvgIpc) is 2.49. The zero-order valence-electron chi connectivity index (χ0n) is 13.4. The Labute approximate surface area is 132 Å². The van der Waals surface area contributed by atoms with Crippen molar-refractivity contribution in [3.63, 3.8) is 0 Å². The molecule has 2 rings (SSSR count). The summed E-state index contributed by atoms with van der Waals surface area (Å²) in [5.74, 6) is -0.557. The van der Waals surface area contributed by atoms with Gasteiger partial charge < -0.3 is 10.0 Å². The van der Waals surface area contributed by atoms with Crippen LogP contribution in [-0.4, -0.2) is 35.0 Å². The summed E-state index contributed by atoms with van der Waals surface area (Å²) >= 11 is 0. The Hall–Kier alpha value is -1.84. The highest BCUT2D eigenvalue weighted by Gasteiger charge is 2.27. The summed E-state index contributed by atoms with van der Waals surface area (Å²) < 4.78 is 0. The highest BCUT2D eigenvalue weighted by atomic mass is 16.4. The Balaban J connectivity index is 1.92.